The van der Waals surface area contributed by atoms with Crippen molar-refractivity contribution in [2.75, 3.05) is 6.61 Å². The third kappa shape index (κ3) is 1.60. The summed E-state index contributed by atoms with van der Waals surface area (Å²) in [4.78, 5) is 11.5. The Labute approximate surface area is 97.7 Å². The van der Waals surface area contributed by atoms with Crippen molar-refractivity contribution in [1.29, 1.82) is 0 Å². The van der Waals surface area contributed by atoms with E-state index in [-0.39, 0.29) is 18.2 Å². The van der Waals surface area contributed by atoms with Gasteiger partial charge in [0.1, 0.15) is 11.6 Å². The summed E-state index contributed by atoms with van der Waals surface area (Å²) >= 11 is 0. The number of hydrogen-bond acceptors (Lipinski definition) is 2. The molecule has 0 aliphatic carbocycles. The molecule has 2 aromatic rings. The molecule has 3 heteroatoms. The van der Waals surface area contributed by atoms with Crippen LogP contribution in [0.3, 0.4) is 0 Å². The molecule has 1 heterocycles. The Kier molecular flexibility index (Phi) is 2.18. The Hall–Kier alpha value is -2.16. The van der Waals surface area contributed by atoms with Gasteiger partial charge in [-0.2, -0.15) is 0 Å². The number of para-hydroxylation sites is 1. The normalized spacial score (nSPS) is 13.4. The van der Waals surface area contributed by atoms with Gasteiger partial charge in [0.25, 0.3) is 0 Å². The van der Waals surface area contributed by atoms with Gasteiger partial charge < -0.3 is 4.74 Å². The minimum Gasteiger partial charge on any atom is -0.484 e. The van der Waals surface area contributed by atoms with E-state index in [1.165, 1.54) is 12.1 Å². The maximum atomic E-state index is 13.2. The number of hydrogen-bond donors (Lipinski definition) is 0. The Bertz CT molecular complexity index is 605. The van der Waals surface area contributed by atoms with Gasteiger partial charge in [-0.25, -0.2) is 4.39 Å². The molecule has 1 aliphatic rings. The van der Waals surface area contributed by atoms with Crippen molar-refractivity contribution in [2.45, 2.75) is 0 Å². The van der Waals surface area contributed by atoms with Gasteiger partial charge in [-0.1, -0.05) is 24.3 Å². The highest BCUT2D eigenvalue weighted by Gasteiger charge is 2.24. The Morgan fingerprint density at radius 3 is 2.65 bits per heavy atom. The summed E-state index contributed by atoms with van der Waals surface area (Å²) in [5.41, 5.74) is 2.05. The van der Waals surface area contributed by atoms with Crippen LogP contribution in [0.25, 0.3) is 11.1 Å². The van der Waals surface area contributed by atoms with Gasteiger partial charge in [0, 0.05) is 5.56 Å². The SMILES string of the molecule is O=C1COc2c1cccc2-c1cccc(F)c1. The summed E-state index contributed by atoms with van der Waals surface area (Å²) in [6, 6.07) is 11.6. The molecule has 0 amide bonds. The Morgan fingerprint density at radius 2 is 1.82 bits per heavy atom. The van der Waals surface area contributed by atoms with Gasteiger partial charge in [0.2, 0.25) is 5.78 Å². The number of fused-ring (bicyclic) bond motifs is 1. The molecule has 0 unspecified atom stereocenters. The molecule has 0 N–H and O–H groups in total. The topological polar surface area (TPSA) is 26.3 Å². The van der Waals surface area contributed by atoms with Gasteiger partial charge in [-0.15, -0.1) is 0 Å². The standard InChI is InChI=1S/C14H9FO2/c15-10-4-1-3-9(7-10)11-5-2-6-12-13(16)8-17-14(11)12/h1-7H,8H2. The lowest BCUT2D eigenvalue weighted by Crippen LogP contribution is -1.98. The highest BCUT2D eigenvalue weighted by Crippen LogP contribution is 2.36. The average molecular weight is 228 g/mol. The predicted octanol–water partition coefficient (Wildman–Crippen LogP) is 3.07. The van der Waals surface area contributed by atoms with E-state index in [1.807, 2.05) is 6.07 Å². The maximum absolute atomic E-state index is 13.2. The summed E-state index contributed by atoms with van der Waals surface area (Å²) in [5, 5.41) is 0. The Balaban J connectivity index is 2.20. The van der Waals surface area contributed by atoms with Crippen molar-refractivity contribution in [3.8, 4) is 16.9 Å². The van der Waals surface area contributed by atoms with Crippen molar-refractivity contribution in [3.63, 3.8) is 0 Å². The van der Waals surface area contributed by atoms with Crippen LogP contribution in [0, 0.1) is 5.82 Å². The van der Waals surface area contributed by atoms with Crippen molar-refractivity contribution < 1.29 is 13.9 Å². The van der Waals surface area contributed by atoms with Crippen molar-refractivity contribution >= 4 is 5.78 Å². The molecule has 0 radical (unpaired) electrons. The molecule has 17 heavy (non-hydrogen) atoms. The molecule has 0 bridgehead atoms. The summed E-state index contributed by atoms with van der Waals surface area (Å²) in [6.07, 6.45) is 0. The van der Waals surface area contributed by atoms with E-state index < -0.39 is 0 Å². The van der Waals surface area contributed by atoms with Crippen LogP contribution in [0.1, 0.15) is 10.4 Å². The lowest BCUT2D eigenvalue weighted by atomic mass is 10.0. The number of carbonyl (C=O) groups is 1. The molecular weight excluding hydrogens is 219 g/mol. The van der Waals surface area contributed by atoms with Crippen LogP contribution in [0.15, 0.2) is 42.5 Å². The minimum absolute atomic E-state index is 0.0294. The lowest BCUT2D eigenvalue weighted by molar-refractivity contribution is 0.0961. The number of carbonyl (C=O) groups excluding carboxylic acids is 1. The van der Waals surface area contributed by atoms with E-state index in [0.29, 0.717) is 11.3 Å². The van der Waals surface area contributed by atoms with E-state index in [9.17, 15) is 9.18 Å². The molecule has 3 rings (SSSR count). The largest absolute Gasteiger partial charge is 0.484 e. The molecule has 2 nitrogen and oxygen atoms in total. The molecule has 0 spiro atoms. The fourth-order valence-corrected chi connectivity index (χ4v) is 2.01. The molecule has 0 atom stereocenters. The van der Waals surface area contributed by atoms with Crippen LogP contribution in [0.5, 0.6) is 5.75 Å². The second-order valence-corrected chi connectivity index (χ2v) is 3.90. The summed E-state index contributed by atoms with van der Waals surface area (Å²) in [7, 11) is 0. The first-order chi connectivity index (χ1) is 8.25. The molecule has 84 valence electrons. The highest BCUT2D eigenvalue weighted by atomic mass is 19.1. The van der Waals surface area contributed by atoms with Gasteiger partial charge in [0.15, 0.2) is 6.61 Å². The summed E-state index contributed by atoms with van der Waals surface area (Å²) in [5.74, 6) is 0.228. The molecule has 2 aromatic carbocycles. The van der Waals surface area contributed by atoms with Crippen molar-refractivity contribution in [3.05, 3.63) is 53.8 Å². The maximum Gasteiger partial charge on any atom is 0.203 e. The van der Waals surface area contributed by atoms with Crippen LogP contribution in [0.2, 0.25) is 0 Å². The first-order valence-electron chi connectivity index (χ1n) is 5.30. The van der Waals surface area contributed by atoms with Crippen LogP contribution in [0.4, 0.5) is 4.39 Å². The van der Waals surface area contributed by atoms with Crippen molar-refractivity contribution in [2.24, 2.45) is 0 Å². The Morgan fingerprint density at radius 1 is 1.06 bits per heavy atom. The van der Waals surface area contributed by atoms with Gasteiger partial charge in [-0.05, 0) is 23.8 Å². The van der Waals surface area contributed by atoms with Crippen molar-refractivity contribution in [1.82, 2.24) is 0 Å². The number of ether oxygens (including phenoxy) is 1. The number of ketones is 1. The predicted molar refractivity (Wildman–Crippen MR) is 61.7 cm³/mol. The van der Waals surface area contributed by atoms with E-state index in [4.69, 9.17) is 4.74 Å². The van der Waals surface area contributed by atoms with Gasteiger partial charge in [0.05, 0.1) is 5.56 Å². The third-order valence-corrected chi connectivity index (χ3v) is 2.80. The van der Waals surface area contributed by atoms with E-state index in [0.717, 1.165) is 11.1 Å². The zero-order valence-corrected chi connectivity index (χ0v) is 8.94. The second-order valence-electron chi connectivity index (χ2n) is 3.90. The fraction of sp³-hybridized carbons (Fsp3) is 0.0714. The lowest BCUT2D eigenvalue weighted by Gasteiger charge is -2.07. The molecular formula is C14H9FO2. The van der Waals surface area contributed by atoms with E-state index in [1.54, 1.807) is 24.3 Å². The molecule has 0 saturated heterocycles. The van der Waals surface area contributed by atoms with E-state index in [2.05, 4.69) is 0 Å². The zero-order valence-electron chi connectivity index (χ0n) is 8.94. The van der Waals surface area contributed by atoms with Gasteiger partial charge in [-0.3, -0.25) is 4.79 Å². The van der Waals surface area contributed by atoms with Crippen LogP contribution >= 0.6 is 0 Å². The monoisotopic (exact) mass is 228 g/mol. The van der Waals surface area contributed by atoms with Gasteiger partial charge >= 0.3 is 0 Å². The highest BCUT2D eigenvalue weighted by molar-refractivity contribution is 6.04. The number of benzene rings is 2. The number of Topliss-reactive ketones (excluding diaryl/α,β-unsaturated/α-hetero) is 1. The zero-order chi connectivity index (χ0) is 11.8. The molecule has 0 aromatic heterocycles. The summed E-state index contributed by atoms with van der Waals surface area (Å²) < 4.78 is 18.5. The van der Waals surface area contributed by atoms with E-state index >= 15 is 0 Å². The first-order valence-corrected chi connectivity index (χ1v) is 5.30. The fourth-order valence-electron chi connectivity index (χ4n) is 2.01. The molecule has 0 saturated carbocycles. The number of halogens is 1. The first kappa shape index (κ1) is 10.0. The van der Waals surface area contributed by atoms with Crippen LogP contribution in [-0.4, -0.2) is 12.4 Å². The smallest absolute Gasteiger partial charge is 0.203 e. The second kappa shape index (κ2) is 3.70. The number of rotatable bonds is 1. The molecule has 0 fully saturated rings. The molecule has 1 aliphatic heterocycles. The third-order valence-electron chi connectivity index (χ3n) is 2.80. The average Bonchev–Trinajstić information content (AvgIpc) is 2.71. The van der Waals surface area contributed by atoms with Crippen LogP contribution < -0.4 is 4.74 Å². The van der Waals surface area contributed by atoms with Crippen LogP contribution in [-0.2, 0) is 0 Å². The summed E-state index contributed by atoms with van der Waals surface area (Å²) in [6.45, 7) is 0.0711. The minimum atomic E-state index is -0.301. The quantitative estimate of drug-likeness (QED) is 0.749.